The summed E-state index contributed by atoms with van der Waals surface area (Å²) in [7, 11) is 1.71. The van der Waals surface area contributed by atoms with Crippen molar-refractivity contribution in [2.45, 2.75) is 25.9 Å². The predicted octanol–water partition coefficient (Wildman–Crippen LogP) is 0.999. The lowest BCUT2D eigenvalue weighted by atomic mass is 10.0. The Bertz CT molecular complexity index is 455. The van der Waals surface area contributed by atoms with Gasteiger partial charge in [-0.05, 0) is 38.6 Å². The van der Waals surface area contributed by atoms with Crippen LogP contribution in [0.15, 0.2) is 24.3 Å². The first kappa shape index (κ1) is 14.2. The molecule has 0 spiro atoms. The molecule has 0 aliphatic heterocycles. The highest BCUT2D eigenvalue weighted by Gasteiger charge is 2.24. The van der Waals surface area contributed by atoms with Gasteiger partial charge in [0.25, 0.3) is 0 Å². The highest BCUT2D eigenvalue weighted by molar-refractivity contribution is 5.88. The van der Waals surface area contributed by atoms with Crippen LogP contribution in [0.4, 0.5) is 0 Å². The first-order valence-corrected chi connectivity index (χ1v) is 5.66. The average molecular weight is 250 g/mol. The largest absolute Gasteiger partial charge is 0.478 e. The standard InChI is InChI=1S/C13H18N2O3/c1-13(2,14-3)12(18)15-8-9-5-4-6-10(7-9)11(16)17/h4-7,14H,8H2,1-3H3,(H,15,18)(H,16,17). The van der Waals surface area contributed by atoms with E-state index in [0.717, 1.165) is 5.56 Å². The fraction of sp³-hybridized carbons (Fsp3) is 0.385. The molecule has 0 saturated carbocycles. The van der Waals surface area contributed by atoms with Gasteiger partial charge in [0.15, 0.2) is 0 Å². The Morgan fingerprint density at radius 1 is 1.33 bits per heavy atom. The Morgan fingerprint density at radius 3 is 2.56 bits per heavy atom. The van der Waals surface area contributed by atoms with Crippen LogP contribution in [0.5, 0.6) is 0 Å². The van der Waals surface area contributed by atoms with Gasteiger partial charge in [-0.25, -0.2) is 4.79 Å². The maximum atomic E-state index is 11.8. The third kappa shape index (κ3) is 3.56. The second-order valence-corrected chi connectivity index (χ2v) is 4.56. The van der Waals surface area contributed by atoms with Crippen molar-refractivity contribution in [1.82, 2.24) is 10.6 Å². The summed E-state index contributed by atoms with van der Waals surface area (Å²) in [6.07, 6.45) is 0. The number of carbonyl (C=O) groups is 2. The van der Waals surface area contributed by atoms with E-state index in [1.54, 1.807) is 39.1 Å². The smallest absolute Gasteiger partial charge is 0.335 e. The first-order valence-electron chi connectivity index (χ1n) is 5.66. The molecule has 0 bridgehead atoms. The maximum Gasteiger partial charge on any atom is 0.335 e. The molecule has 0 fully saturated rings. The fourth-order valence-electron chi connectivity index (χ4n) is 1.33. The molecule has 0 saturated heterocycles. The molecule has 0 radical (unpaired) electrons. The lowest BCUT2D eigenvalue weighted by Gasteiger charge is -2.22. The zero-order valence-electron chi connectivity index (χ0n) is 10.8. The molecule has 98 valence electrons. The molecule has 18 heavy (non-hydrogen) atoms. The summed E-state index contributed by atoms with van der Waals surface area (Å²) in [5.74, 6) is -1.11. The molecule has 0 aliphatic rings. The van der Waals surface area contributed by atoms with E-state index in [2.05, 4.69) is 10.6 Å². The van der Waals surface area contributed by atoms with Gasteiger partial charge in [0.1, 0.15) is 0 Å². The van der Waals surface area contributed by atoms with E-state index in [1.807, 2.05) is 0 Å². The average Bonchev–Trinajstić information content (AvgIpc) is 2.36. The van der Waals surface area contributed by atoms with Gasteiger partial charge >= 0.3 is 5.97 Å². The Labute approximate surface area is 106 Å². The van der Waals surface area contributed by atoms with Crippen molar-refractivity contribution < 1.29 is 14.7 Å². The van der Waals surface area contributed by atoms with E-state index in [4.69, 9.17) is 5.11 Å². The molecule has 1 rings (SSSR count). The van der Waals surface area contributed by atoms with Gasteiger partial charge in [-0.3, -0.25) is 4.79 Å². The number of benzene rings is 1. The Balaban J connectivity index is 2.67. The van der Waals surface area contributed by atoms with Crippen LogP contribution in [0.3, 0.4) is 0 Å². The van der Waals surface area contributed by atoms with Crippen LogP contribution in [0.2, 0.25) is 0 Å². The van der Waals surface area contributed by atoms with E-state index in [9.17, 15) is 9.59 Å². The van der Waals surface area contributed by atoms with E-state index < -0.39 is 11.5 Å². The summed E-state index contributed by atoms with van der Waals surface area (Å²) in [5, 5.41) is 14.5. The van der Waals surface area contributed by atoms with Crippen LogP contribution in [-0.2, 0) is 11.3 Å². The van der Waals surface area contributed by atoms with Crippen molar-refractivity contribution in [1.29, 1.82) is 0 Å². The number of carboxylic acid groups (broad SMARTS) is 1. The monoisotopic (exact) mass is 250 g/mol. The van der Waals surface area contributed by atoms with Gasteiger partial charge in [-0.15, -0.1) is 0 Å². The van der Waals surface area contributed by atoms with Crippen molar-refractivity contribution in [3.05, 3.63) is 35.4 Å². The zero-order valence-corrected chi connectivity index (χ0v) is 10.8. The molecule has 0 aromatic heterocycles. The molecular formula is C13H18N2O3. The van der Waals surface area contributed by atoms with E-state index in [-0.39, 0.29) is 11.5 Å². The third-order valence-electron chi connectivity index (χ3n) is 2.82. The van der Waals surface area contributed by atoms with Gasteiger partial charge in [-0.1, -0.05) is 12.1 Å². The predicted molar refractivity (Wildman–Crippen MR) is 68.4 cm³/mol. The lowest BCUT2D eigenvalue weighted by molar-refractivity contribution is -0.126. The molecule has 1 aromatic rings. The molecule has 0 atom stereocenters. The molecule has 1 aromatic carbocycles. The van der Waals surface area contributed by atoms with Crippen molar-refractivity contribution >= 4 is 11.9 Å². The van der Waals surface area contributed by atoms with E-state index in [0.29, 0.717) is 6.54 Å². The van der Waals surface area contributed by atoms with Gasteiger partial charge in [0, 0.05) is 6.54 Å². The van der Waals surface area contributed by atoms with Crippen molar-refractivity contribution in [2.75, 3.05) is 7.05 Å². The molecule has 5 heteroatoms. The van der Waals surface area contributed by atoms with Crippen LogP contribution in [-0.4, -0.2) is 29.6 Å². The molecular weight excluding hydrogens is 232 g/mol. The van der Waals surface area contributed by atoms with Crippen LogP contribution in [0, 0.1) is 0 Å². The zero-order chi connectivity index (χ0) is 13.8. The van der Waals surface area contributed by atoms with Crippen LogP contribution < -0.4 is 10.6 Å². The minimum absolute atomic E-state index is 0.134. The highest BCUT2D eigenvalue weighted by atomic mass is 16.4. The number of amides is 1. The van der Waals surface area contributed by atoms with Crippen LogP contribution >= 0.6 is 0 Å². The quantitative estimate of drug-likeness (QED) is 0.728. The summed E-state index contributed by atoms with van der Waals surface area (Å²) >= 11 is 0. The van der Waals surface area contributed by atoms with Gasteiger partial charge < -0.3 is 15.7 Å². The molecule has 3 N–H and O–H groups in total. The second kappa shape index (κ2) is 5.64. The SMILES string of the molecule is CNC(C)(C)C(=O)NCc1cccc(C(=O)O)c1. The summed E-state index contributed by atoms with van der Waals surface area (Å²) < 4.78 is 0. The molecule has 0 aliphatic carbocycles. The van der Waals surface area contributed by atoms with Crippen LogP contribution in [0.1, 0.15) is 29.8 Å². The second-order valence-electron chi connectivity index (χ2n) is 4.56. The molecule has 0 heterocycles. The number of hydrogen-bond donors (Lipinski definition) is 3. The molecule has 5 nitrogen and oxygen atoms in total. The normalized spacial score (nSPS) is 11.1. The number of hydrogen-bond acceptors (Lipinski definition) is 3. The van der Waals surface area contributed by atoms with E-state index >= 15 is 0 Å². The molecule has 1 amide bonds. The minimum atomic E-state index is -0.973. The number of carbonyl (C=O) groups excluding carboxylic acids is 1. The van der Waals surface area contributed by atoms with E-state index in [1.165, 1.54) is 6.07 Å². The summed E-state index contributed by atoms with van der Waals surface area (Å²) in [5.41, 5.74) is 0.328. The lowest BCUT2D eigenvalue weighted by Crippen LogP contribution is -2.50. The number of nitrogens with one attached hydrogen (secondary N) is 2. The first-order chi connectivity index (χ1) is 8.36. The maximum absolute atomic E-state index is 11.8. The van der Waals surface area contributed by atoms with Crippen molar-refractivity contribution in [2.24, 2.45) is 0 Å². The highest BCUT2D eigenvalue weighted by Crippen LogP contribution is 2.06. The van der Waals surface area contributed by atoms with Crippen molar-refractivity contribution in [3.63, 3.8) is 0 Å². The summed E-state index contributed by atoms with van der Waals surface area (Å²) in [6, 6.07) is 6.51. The van der Waals surface area contributed by atoms with Crippen LogP contribution in [0.25, 0.3) is 0 Å². The number of rotatable bonds is 5. The Hall–Kier alpha value is -1.88. The summed E-state index contributed by atoms with van der Waals surface area (Å²) in [4.78, 5) is 22.6. The Morgan fingerprint density at radius 2 is 2.00 bits per heavy atom. The Kier molecular flexibility index (Phi) is 4.44. The molecule has 0 unspecified atom stereocenters. The van der Waals surface area contributed by atoms with Gasteiger partial charge in [0.2, 0.25) is 5.91 Å². The van der Waals surface area contributed by atoms with Crippen molar-refractivity contribution in [3.8, 4) is 0 Å². The topological polar surface area (TPSA) is 78.4 Å². The number of carboxylic acids is 1. The number of likely N-dealkylation sites (N-methyl/N-ethyl adjacent to an activating group) is 1. The third-order valence-corrected chi connectivity index (χ3v) is 2.82. The van der Waals surface area contributed by atoms with Gasteiger partial charge in [-0.2, -0.15) is 0 Å². The summed E-state index contributed by atoms with van der Waals surface area (Å²) in [6.45, 7) is 3.86. The van der Waals surface area contributed by atoms with Gasteiger partial charge in [0.05, 0.1) is 11.1 Å². The minimum Gasteiger partial charge on any atom is -0.478 e. The number of aromatic carboxylic acids is 1. The fourth-order valence-corrected chi connectivity index (χ4v) is 1.33.